The summed E-state index contributed by atoms with van der Waals surface area (Å²) in [7, 11) is 0. The molecule has 4 saturated carbocycles. The van der Waals surface area contributed by atoms with Crippen LogP contribution in [-0.2, 0) is 0 Å². The van der Waals surface area contributed by atoms with Crippen molar-refractivity contribution in [1.82, 2.24) is 0 Å². The van der Waals surface area contributed by atoms with Crippen LogP contribution in [0.5, 0.6) is 0 Å². The number of aliphatic hydroxyl groups excluding tert-OH is 1. The van der Waals surface area contributed by atoms with Crippen molar-refractivity contribution in [2.24, 2.45) is 46.3 Å². The Morgan fingerprint density at radius 2 is 1.59 bits per heavy atom. The van der Waals surface area contributed by atoms with E-state index in [4.69, 9.17) is 0 Å². The summed E-state index contributed by atoms with van der Waals surface area (Å²) in [5, 5.41) is 20.6. The number of fused-ring (bicyclic) bond motifs is 5. The molecule has 0 aromatic heterocycles. The maximum absolute atomic E-state index is 10.4. The smallest absolute Gasteiger partial charge is 0.0594 e. The van der Waals surface area contributed by atoms with Gasteiger partial charge in [0.05, 0.1) is 11.7 Å². The predicted octanol–water partition coefficient (Wildman–Crippen LogP) is 5.80. The second-order valence-electron chi connectivity index (χ2n) is 12.3. The monoisotopic (exact) mass is 376 g/mol. The summed E-state index contributed by atoms with van der Waals surface area (Å²) in [5.74, 6) is 4.87. The third-order valence-electron chi connectivity index (χ3n) is 10.2. The van der Waals surface area contributed by atoms with E-state index >= 15 is 0 Å². The molecule has 27 heavy (non-hydrogen) atoms. The van der Waals surface area contributed by atoms with Crippen molar-refractivity contribution in [2.45, 2.75) is 111 Å². The Morgan fingerprint density at radius 1 is 0.926 bits per heavy atom. The van der Waals surface area contributed by atoms with Crippen LogP contribution in [0.3, 0.4) is 0 Å². The van der Waals surface area contributed by atoms with Gasteiger partial charge in [0, 0.05) is 0 Å². The summed E-state index contributed by atoms with van der Waals surface area (Å²) in [5.41, 5.74) is 0.434. The quantitative estimate of drug-likeness (QED) is 0.653. The molecule has 0 unspecified atom stereocenters. The minimum atomic E-state index is -0.542. The van der Waals surface area contributed by atoms with E-state index in [0.29, 0.717) is 16.7 Å². The Kier molecular flexibility index (Phi) is 5.03. The zero-order valence-electron chi connectivity index (χ0n) is 18.5. The first kappa shape index (κ1) is 20.2. The molecule has 0 aliphatic heterocycles. The molecule has 0 spiro atoms. The van der Waals surface area contributed by atoms with Crippen LogP contribution in [-0.4, -0.2) is 21.9 Å². The van der Waals surface area contributed by atoms with Gasteiger partial charge in [0.15, 0.2) is 0 Å². The maximum atomic E-state index is 10.4. The van der Waals surface area contributed by atoms with Crippen molar-refractivity contribution in [3.8, 4) is 0 Å². The summed E-state index contributed by atoms with van der Waals surface area (Å²) in [6.07, 6.45) is 12.6. The topological polar surface area (TPSA) is 40.5 Å². The minimum Gasteiger partial charge on any atom is -0.393 e. The second-order valence-corrected chi connectivity index (χ2v) is 12.3. The molecule has 2 nitrogen and oxygen atoms in total. The van der Waals surface area contributed by atoms with Gasteiger partial charge in [-0.2, -0.15) is 0 Å². The first-order valence-electron chi connectivity index (χ1n) is 11.9. The molecule has 4 fully saturated rings. The molecular weight excluding hydrogens is 332 g/mol. The van der Waals surface area contributed by atoms with E-state index in [9.17, 15) is 10.2 Å². The van der Waals surface area contributed by atoms with E-state index in [1.165, 1.54) is 44.9 Å². The average molecular weight is 377 g/mol. The van der Waals surface area contributed by atoms with Gasteiger partial charge in [-0.3, -0.25) is 0 Å². The van der Waals surface area contributed by atoms with E-state index in [-0.39, 0.29) is 6.10 Å². The molecule has 0 aromatic carbocycles. The highest BCUT2D eigenvalue weighted by atomic mass is 16.3. The highest BCUT2D eigenvalue weighted by molar-refractivity contribution is 5.09. The molecule has 0 saturated heterocycles. The van der Waals surface area contributed by atoms with Gasteiger partial charge in [0.2, 0.25) is 0 Å². The largest absolute Gasteiger partial charge is 0.393 e. The van der Waals surface area contributed by atoms with Crippen LogP contribution in [0, 0.1) is 46.3 Å². The first-order chi connectivity index (χ1) is 12.5. The lowest BCUT2D eigenvalue weighted by Gasteiger charge is -2.61. The third-order valence-corrected chi connectivity index (χ3v) is 10.2. The van der Waals surface area contributed by atoms with Crippen molar-refractivity contribution >= 4 is 0 Å². The van der Waals surface area contributed by atoms with Gasteiger partial charge in [0.1, 0.15) is 0 Å². The fourth-order valence-electron chi connectivity index (χ4n) is 9.14. The van der Waals surface area contributed by atoms with E-state index < -0.39 is 5.60 Å². The Labute approximate surface area is 167 Å². The lowest BCUT2D eigenvalue weighted by atomic mass is 9.44. The number of rotatable bonds is 3. The molecule has 0 aromatic rings. The van der Waals surface area contributed by atoms with Crippen LogP contribution >= 0.6 is 0 Å². The lowest BCUT2D eigenvalue weighted by Crippen LogP contribution is -2.54. The molecule has 156 valence electrons. The molecule has 0 amide bonds. The fraction of sp³-hybridized carbons (Fsp3) is 1.00. The van der Waals surface area contributed by atoms with Crippen molar-refractivity contribution in [3.05, 3.63) is 0 Å². The number of hydrogen-bond acceptors (Lipinski definition) is 2. The van der Waals surface area contributed by atoms with Crippen LogP contribution in [0.1, 0.15) is 98.8 Å². The van der Waals surface area contributed by atoms with Gasteiger partial charge in [-0.05, 0) is 124 Å². The van der Waals surface area contributed by atoms with Crippen LogP contribution in [0.15, 0.2) is 0 Å². The first-order valence-corrected chi connectivity index (χ1v) is 11.9. The van der Waals surface area contributed by atoms with Gasteiger partial charge in [-0.25, -0.2) is 0 Å². The van der Waals surface area contributed by atoms with Gasteiger partial charge >= 0.3 is 0 Å². The van der Waals surface area contributed by atoms with Gasteiger partial charge in [0.25, 0.3) is 0 Å². The SMILES string of the molecule is C[C@H](CC(C)(C)O)[C@H]1CC[C@@H]2[C@H]3CC[C@H]4C[C@@H](O)CC[C@]4(C)[C@@H]3CC[C@@]21C. The van der Waals surface area contributed by atoms with Crippen LogP contribution < -0.4 is 0 Å². The van der Waals surface area contributed by atoms with E-state index in [2.05, 4.69) is 20.8 Å². The van der Waals surface area contributed by atoms with Crippen LogP contribution in [0.2, 0.25) is 0 Å². The Hall–Kier alpha value is -0.0800. The Morgan fingerprint density at radius 3 is 2.30 bits per heavy atom. The van der Waals surface area contributed by atoms with Gasteiger partial charge in [-0.15, -0.1) is 0 Å². The average Bonchev–Trinajstić information content (AvgIpc) is 2.91. The molecule has 4 aliphatic carbocycles. The van der Waals surface area contributed by atoms with Crippen LogP contribution in [0.4, 0.5) is 0 Å². The number of hydrogen-bond donors (Lipinski definition) is 2. The molecule has 0 radical (unpaired) electrons. The van der Waals surface area contributed by atoms with Gasteiger partial charge < -0.3 is 10.2 Å². The predicted molar refractivity (Wildman–Crippen MR) is 111 cm³/mol. The summed E-state index contributed by atoms with van der Waals surface area (Å²) in [4.78, 5) is 0. The zero-order valence-corrected chi connectivity index (χ0v) is 18.5. The normalized spacial score (nSPS) is 51.2. The maximum Gasteiger partial charge on any atom is 0.0594 e. The lowest BCUT2D eigenvalue weighted by molar-refractivity contribution is -0.130. The van der Waals surface area contributed by atoms with Crippen molar-refractivity contribution in [1.29, 1.82) is 0 Å². The standard InChI is InChI=1S/C25H44O2/c1-16(15-23(2,3)27)20-8-9-21-19-7-6-17-14-18(26)10-12-24(17,4)22(19)11-13-25(20,21)5/h16-22,26-27H,6-15H2,1-5H3/t16-,17+,18+,19-,20-,21-,22-,24+,25-/m1/s1. The third kappa shape index (κ3) is 3.31. The molecule has 4 aliphatic rings. The van der Waals surface area contributed by atoms with E-state index in [0.717, 1.165) is 48.9 Å². The molecule has 4 rings (SSSR count). The minimum absolute atomic E-state index is 0.0352. The molecule has 2 heteroatoms. The highest BCUT2D eigenvalue weighted by Gasteiger charge is 2.60. The summed E-state index contributed by atoms with van der Waals surface area (Å²) < 4.78 is 0. The summed E-state index contributed by atoms with van der Waals surface area (Å²) in [6.45, 7) is 11.6. The van der Waals surface area contributed by atoms with Crippen molar-refractivity contribution in [3.63, 3.8) is 0 Å². The van der Waals surface area contributed by atoms with Gasteiger partial charge in [-0.1, -0.05) is 20.8 Å². The van der Waals surface area contributed by atoms with E-state index in [1.54, 1.807) is 0 Å². The number of aliphatic hydroxyl groups is 2. The fourth-order valence-corrected chi connectivity index (χ4v) is 9.14. The van der Waals surface area contributed by atoms with Crippen molar-refractivity contribution in [2.75, 3.05) is 0 Å². The molecule has 9 atom stereocenters. The van der Waals surface area contributed by atoms with Crippen molar-refractivity contribution < 1.29 is 10.2 Å². The Balaban J connectivity index is 1.54. The Bertz CT molecular complexity index is 551. The summed E-state index contributed by atoms with van der Waals surface area (Å²) in [6, 6.07) is 0. The molecular formula is C25H44O2. The zero-order chi connectivity index (χ0) is 19.6. The molecule has 0 heterocycles. The van der Waals surface area contributed by atoms with Crippen LogP contribution in [0.25, 0.3) is 0 Å². The second kappa shape index (κ2) is 6.73. The highest BCUT2D eigenvalue weighted by Crippen LogP contribution is 2.68. The molecule has 2 N–H and O–H groups in total. The summed E-state index contributed by atoms with van der Waals surface area (Å²) >= 11 is 0. The van der Waals surface area contributed by atoms with E-state index in [1.807, 2.05) is 13.8 Å². The molecule has 0 bridgehead atoms.